The molecule has 0 atom stereocenters. The van der Waals surface area contributed by atoms with Crippen molar-refractivity contribution in [3.63, 3.8) is 0 Å². The fourth-order valence-electron chi connectivity index (χ4n) is 2.31. The lowest BCUT2D eigenvalue weighted by atomic mass is 9.73. The molecular formula is C11H21N3O3S2. The van der Waals surface area contributed by atoms with E-state index in [1.165, 1.54) is 7.05 Å². The molecule has 0 heterocycles. The zero-order valence-corrected chi connectivity index (χ0v) is 12.7. The molecule has 1 aliphatic rings. The van der Waals surface area contributed by atoms with Crippen LogP contribution in [-0.4, -0.2) is 38.7 Å². The lowest BCUT2D eigenvalue weighted by Gasteiger charge is -2.34. The van der Waals surface area contributed by atoms with Crippen LogP contribution >= 0.6 is 12.2 Å². The van der Waals surface area contributed by atoms with Crippen LogP contribution in [0.25, 0.3) is 0 Å². The van der Waals surface area contributed by atoms with E-state index in [1.807, 2.05) is 0 Å². The fraction of sp³-hybridized carbons (Fsp3) is 0.818. The summed E-state index contributed by atoms with van der Waals surface area (Å²) in [6.45, 7) is 0.0619. The number of nitrogens with one attached hydrogen (secondary N) is 2. The molecule has 0 aliphatic heterocycles. The first kappa shape index (κ1) is 16.3. The number of amides is 1. The first-order valence-corrected chi connectivity index (χ1v) is 8.39. The van der Waals surface area contributed by atoms with Gasteiger partial charge in [0.25, 0.3) is 0 Å². The van der Waals surface area contributed by atoms with E-state index in [2.05, 4.69) is 10.0 Å². The monoisotopic (exact) mass is 307 g/mol. The number of sulfonamides is 1. The van der Waals surface area contributed by atoms with Crippen LogP contribution in [0.1, 0.15) is 32.1 Å². The molecule has 0 aromatic carbocycles. The Kier molecular flexibility index (Phi) is 5.69. The number of hydrogen-bond acceptors (Lipinski definition) is 4. The van der Waals surface area contributed by atoms with Crippen LogP contribution in [0.4, 0.5) is 0 Å². The highest BCUT2D eigenvalue weighted by Gasteiger charge is 2.42. The Morgan fingerprint density at radius 2 is 1.89 bits per heavy atom. The molecule has 110 valence electrons. The molecule has 4 N–H and O–H groups in total. The van der Waals surface area contributed by atoms with Gasteiger partial charge in [0.05, 0.1) is 16.2 Å². The SMILES string of the molecule is CNS(=O)(=O)CCNC(=O)C1(C(N)=S)CCCCC1. The third kappa shape index (κ3) is 4.12. The molecule has 0 aromatic heterocycles. The summed E-state index contributed by atoms with van der Waals surface area (Å²) in [6.07, 6.45) is 4.20. The van der Waals surface area contributed by atoms with Crippen molar-refractivity contribution in [3.8, 4) is 0 Å². The second-order valence-electron chi connectivity index (χ2n) is 4.79. The van der Waals surface area contributed by atoms with Gasteiger partial charge in [-0.05, 0) is 19.9 Å². The Morgan fingerprint density at radius 3 is 2.37 bits per heavy atom. The highest BCUT2D eigenvalue weighted by atomic mass is 32.2. The predicted octanol–water partition coefficient (Wildman–Crippen LogP) is -0.112. The summed E-state index contributed by atoms with van der Waals surface area (Å²) in [5, 5.41) is 2.64. The Hall–Kier alpha value is -0.730. The topological polar surface area (TPSA) is 101 Å². The van der Waals surface area contributed by atoms with Crippen molar-refractivity contribution in [1.29, 1.82) is 0 Å². The Labute approximate surface area is 119 Å². The van der Waals surface area contributed by atoms with Gasteiger partial charge in [0, 0.05) is 6.54 Å². The van der Waals surface area contributed by atoms with Gasteiger partial charge < -0.3 is 11.1 Å². The fourth-order valence-corrected chi connectivity index (χ4v) is 3.18. The molecule has 1 rings (SSSR count). The summed E-state index contributed by atoms with van der Waals surface area (Å²) < 4.78 is 24.7. The van der Waals surface area contributed by atoms with Gasteiger partial charge >= 0.3 is 0 Å². The van der Waals surface area contributed by atoms with Crippen LogP contribution in [0.5, 0.6) is 0 Å². The molecule has 0 spiro atoms. The summed E-state index contributed by atoms with van der Waals surface area (Å²) in [6, 6.07) is 0. The van der Waals surface area contributed by atoms with Gasteiger partial charge in [-0.3, -0.25) is 4.79 Å². The summed E-state index contributed by atoms with van der Waals surface area (Å²) >= 11 is 5.04. The van der Waals surface area contributed by atoms with E-state index in [9.17, 15) is 13.2 Å². The molecule has 6 nitrogen and oxygen atoms in total. The molecule has 1 amide bonds. The van der Waals surface area contributed by atoms with Crippen LogP contribution in [-0.2, 0) is 14.8 Å². The van der Waals surface area contributed by atoms with E-state index in [0.29, 0.717) is 12.8 Å². The van der Waals surface area contributed by atoms with E-state index in [4.69, 9.17) is 18.0 Å². The zero-order valence-electron chi connectivity index (χ0n) is 11.1. The number of thiocarbonyl (C=S) groups is 1. The maximum atomic E-state index is 12.2. The normalized spacial score (nSPS) is 18.8. The van der Waals surface area contributed by atoms with E-state index in [0.717, 1.165) is 19.3 Å². The number of carbonyl (C=O) groups is 1. The van der Waals surface area contributed by atoms with Crippen LogP contribution in [0.15, 0.2) is 0 Å². The van der Waals surface area contributed by atoms with E-state index >= 15 is 0 Å². The van der Waals surface area contributed by atoms with Crippen LogP contribution < -0.4 is 15.8 Å². The minimum Gasteiger partial charge on any atom is -0.392 e. The highest BCUT2D eigenvalue weighted by Crippen LogP contribution is 2.36. The van der Waals surface area contributed by atoms with Crippen molar-refractivity contribution < 1.29 is 13.2 Å². The van der Waals surface area contributed by atoms with Gasteiger partial charge in [0.15, 0.2) is 0 Å². The van der Waals surface area contributed by atoms with Crippen molar-refractivity contribution in [2.75, 3.05) is 19.3 Å². The molecular weight excluding hydrogens is 286 g/mol. The second kappa shape index (κ2) is 6.62. The smallest absolute Gasteiger partial charge is 0.233 e. The van der Waals surface area contributed by atoms with Crippen LogP contribution in [0.2, 0.25) is 0 Å². The predicted molar refractivity (Wildman–Crippen MR) is 78.2 cm³/mol. The third-order valence-corrected chi connectivity index (χ3v) is 5.34. The van der Waals surface area contributed by atoms with E-state index in [-0.39, 0.29) is 23.2 Å². The minimum atomic E-state index is -3.31. The summed E-state index contributed by atoms with van der Waals surface area (Å²) in [7, 11) is -1.97. The van der Waals surface area contributed by atoms with Gasteiger partial charge in [-0.15, -0.1) is 0 Å². The van der Waals surface area contributed by atoms with Crippen molar-refractivity contribution in [2.45, 2.75) is 32.1 Å². The van der Waals surface area contributed by atoms with Gasteiger partial charge in [-0.2, -0.15) is 0 Å². The highest BCUT2D eigenvalue weighted by molar-refractivity contribution is 7.89. The molecule has 1 saturated carbocycles. The Balaban J connectivity index is 2.62. The van der Waals surface area contributed by atoms with Crippen LogP contribution in [0, 0.1) is 5.41 Å². The molecule has 0 saturated heterocycles. The molecule has 1 aliphatic carbocycles. The minimum absolute atomic E-state index is 0.0619. The Morgan fingerprint density at radius 1 is 1.32 bits per heavy atom. The largest absolute Gasteiger partial charge is 0.392 e. The quantitative estimate of drug-likeness (QED) is 0.594. The average molecular weight is 307 g/mol. The number of nitrogens with two attached hydrogens (primary N) is 1. The number of rotatable bonds is 6. The Bertz CT molecular complexity index is 442. The van der Waals surface area contributed by atoms with Crippen LogP contribution in [0.3, 0.4) is 0 Å². The van der Waals surface area contributed by atoms with Gasteiger partial charge in [-0.1, -0.05) is 31.5 Å². The molecule has 8 heteroatoms. The molecule has 1 fully saturated rings. The maximum absolute atomic E-state index is 12.2. The molecule has 19 heavy (non-hydrogen) atoms. The maximum Gasteiger partial charge on any atom is 0.233 e. The third-order valence-electron chi connectivity index (χ3n) is 3.58. The average Bonchev–Trinajstić information content (AvgIpc) is 2.39. The van der Waals surface area contributed by atoms with Crippen molar-refractivity contribution in [2.24, 2.45) is 11.1 Å². The lowest BCUT2D eigenvalue weighted by Crippen LogP contribution is -2.51. The first-order valence-electron chi connectivity index (χ1n) is 6.33. The van der Waals surface area contributed by atoms with Gasteiger partial charge in [0.1, 0.15) is 0 Å². The molecule has 0 unspecified atom stereocenters. The summed E-state index contributed by atoms with van der Waals surface area (Å²) in [5.74, 6) is -0.395. The summed E-state index contributed by atoms with van der Waals surface area (Å²) in [5.41, 5.74) is 4.93. The van der Waals surface area contributed by atoms with Gasteiger partial charge in [0.2, 0.25) is 15.9 Å². The van der Waals surface area contributed by atoms with Gasteiger partial charge in [-0.25, -0.2) is 13.1 Å². The zero-order chi connectivity index (χ0) is 14.5. The van der Waals surface area contributed by atoms with E-state index in [1.54, 1.807) is 0 Å². The second-order valence-corrected chi connectivity index (χ2v) is 7.27. The lowest BCUT2D eigenvalue weighted by molar-refractivity contribution is -0.128. The van der Waals surface area contributed by atoms with E-state index < -0.39 is 15.4 Å². The molecule has 0 radical (unpaired) electrons. The van der Waals surface area contributed by atoms with Crippen molar-refractivity contribution in [3.05, 3.63) is 0 Å². The first-order chi connectivity index (χ1) is 8.84. The summed E-state index contributed by atoms with van der Waals surface area (Å²) in [4.78, 5) is 12.5. The number of carbonyl (C=O) groups excluding carboxylic acids is 1. The number of hydrogen-bond donors (Lipinski definition) is 3. The molecule has 0 aromatic rings. The standard InChI is InChI=1S/C11H21N3O3S2/c1-13-19(16,17)8-7-14-10(15)11(9(12)18)5-3-2-4-6-11/h13H,2-8H2,1H3,(H2,12,18)(H,14,15). The van der Waals surface area contributed by atoms with Crippen molar-refractivity contribution >= 4 is 33.1 Å². The molecule has 0 bridgehead atoms. The van der Waals surface area contributed by atoms with Crippen molar-refractivity contribution in [1.82, 2.24) is 10.0 Å².